The largest absolute Gasteiger partial charge is 0.390 e. The number of hydrogen-bond acceptors (Lipinski definition) is 3. The Morgan fingerprint density at radius 1 is 1.50 bits per heavy atom. The summed E-state index contributed by atoms with van der Waals surface area (Å²) in [6.45, 7) is 1.58. The summed E-state index contributed by atoms with van der Waals surface area (Å²) in [5.74, 6) is 0. The molecule has 0 aromatic rings. The zero-order valence-electron chi connectivity index (χ0n) is 7.36. The molecule has 0 spiro atoms. The van der Waals surface area contributed by atoms with E-state index in [0.717, 1.165) is 0 Å². The second-order valence-corrected chi connectivity index (χ2v) is 3.07. The van der Waals surface area contributed by atoms with E-state index in [-0.39, 0.29) is 6.04 Å². The van der Waals surface area contributed by atoms with Gasteiger partial charge < -0.3 is 15.5 Å². The lowest BCUT2D eigenvalue weighted by Crippen LogP contribution is -2.54. The van der Waals surface area contributed by atoms with E-state index in [1.54, 1.807) is 26.1 Å². The van der Waals surface area contributed by atoms with Crippen molar-refractivity contribution in [2.45, 2.75) is 24.7 Å². The molecular weight excluding hydrogens is 154 g/mol. The summed E-state index contributed by atoms with van der Waals surface area (Å²) in [5.41, 5.74) is -1.18. The fourth-order valence-electron chi connectivity index (χ4n) is 1.37. The van der Waals surface area contributed by atoms with E-state index in [1.807, 2.05) is 12.2 Å². The van der Waals surface area contributed by atoms with E-state index < -0.39 is 11.7 Å². The maximum Gasteiger partial charge on any atom is 0.127 e. The van der Waals surface area contributed by atoms with Crippen LogP contribution in [0, 0.1) is 0 Å². The lowest BCUT2D eigenvalue weighted by Gasteiger charge is -2.35. The fourth-order valence-corrected chi connectivity index (χ4v) is 1.37. The van der Waals surface area contributed by atoms with Gasteiger partial charge in [-0.2, -0.15) is 0 Å². The Kier molecular flexibility index (Phi) is 2.67. The van der Waals surface area contributed by atoms with Gasteiger partial charge >= 0.3 is 0 Å². The molecule has 0 heterocycles. The molecule has 1 aliphatic carbocycles. The van der Waals surface area contributed by atoms with Gasteiger partial charge in [0.2, 0.25) is 0 Å². The predicted molar refractivity (Wildman–Crippen MR) is 47.8 cm³/mol. The third-order valence-corrected chi connectivity index (χ3v) is 2.26. The van der Waals surface area contributed by atoms with Crippen molar-refractivity contribution in [2.75, 3.05) is 7.05 Å². The average Bonchev–Trinajstić information content (AvgIpc) is 2.05. The summed E-state index contributed by atoms with van der Waals surface area (Å²) in [6.07, 6.45) is 6.24. The highest BCUT2D eigenvalue weighted by molar-refractivity contribution is 5.26. The Morgan fingerprint density at radius 2 is 2.17 bits per heavy atom. The SMILES string of the molecule is CNC1C=CC=CC1(O)[C@@H](C)O. The fraction of sp³-hybridized carbons (Fsp3) is 0.556. The van der Waals surface area contributed by atoms with E-state index in [1.165, 1.54) is 0 Å². The van der Waals surface area contributed by atoms with Gasteiger partial charge in [-0.15, -0.1) is 0 Å². The van der Waals surface area contributed by atoms with Crippen LogP contribution < -0.4 is 5.32 Å². The molecule has 3 N–H and O–H groups in total. The number of nitrogens with one attached hydrogen (secondary N) is 1. The highest BCUT2D eigenvalue weighted by Gasteiger charge is 2.37. The molecule has 0 fully saturated rings. The van der Waals surface area contributed by atoms with Crippen molar-refractivity contribution in [3.8, 4) is 0 Å². The molecule has 3 heteroatoms. The van der Waals surface area contributed by atoms with Crippen LogP contribution in [0.2, 0.25) is 0 Å². The molecular formula is C9H15NO2. The standard InChI is InChI=1S/C9H15NO2/c1-7(11)9(12)6-4-3-5-8(9)10-2/h3-8,10-12H,1-2H3/t7-,8?,9?/m1/s1. The van der Waals surface area contributed by atoms with Gasteiger partial charge in [0.1, 0.15) is 5.60 Å². The second-order valence-electron chi connectivity index (χ2n) is 3.07. The molecule has 0 aromatic carbocycles. The van der Waals surface area contributed by atoms with Gasteiger partial charge in [-0.3, -0.25) is 0 Å². The van der Waals surface area contributed by atoms with Crippen LogP contribution in [0.3, 0.4) is 0 Å². The monoisotopic (exact) mass is 169 g/mol. The smallest absolute Gasteiger partial charge is 0.127 e. The topological polar surface area (TPSA) is 52.5 Å². The van der Waals surface area contributed by atoms with Gasteiger partial charge in [0.05, 0.1) is 12.1 Å². The first kappa shape index (κ1) is 9.45. The minimum Gasteiger partial charge on any atom is -0.390 e. The van der Waals surface area contributed by atoms with Gasteiger partial charge in [-0.1, -0.05) is 18.2 Å². The number of likely N-dealkylation sites (N-methyl/N-ethyl adjacent to an activating group) is 1. The van der Waals surface area contributed by atoms with Crippen molar-refractivity contribution in [2.24, 2.45) is 0 Å². The van der Waals surface area contributed by atoms with Crippen LogP contribution in [0.25, 0.3) is 0 Å². The first-order valence-corrected chi connectivity index (χ1v) is 4.05. The Bertz CT molecular complexity index is 211. The van der Waals surface area contributed by atoms with Crippen LogP contribution in [0.15, 0.2) is 24.3 Å². The van der Waals surface area contributed by atoms with Crippen LogP contribution in [-0.4, -0.2) is 35.0 Å². The van der Waals surface area contributed by atoms with Gasteiger partial charge in [-0.25, -0.2) is 0 Å². The number of aliphatic hydroxyl groups is 2. The first-order chi connectivity index (χ1) is 5.61. The minimum atomic E-state index is -1.18. The molecule has 0 radical (unpaired) electrons. The zero-order valence-corrected chi connectivity index (χ0v) is 7.36. The number of aliphatic hydroxyl groups excluding tert-OH is 1. The zero-order chi connectivity index (χ0) is 9.19. The highest BCUT2D eigenvalue weighted by atomic mass is 16.3. The Morgan fingerprint density at radius 3 is 2.58 bits per heavy atom. The summed E-state index contributed by atoms with van der Waals surface area (Å²) >= 11 is 0. The lowest BCUT2D eigenvalue weighted by molar-refractivity contribution is -0.0437. The molecule has 0 amide bonds. The maximum absolute atomic E-state index is 9.96. The van der Waals surface area contributed by atoms with Crippen LogP contribution in [0.4, 0.5) is 0 Å². The second kappa shape index (κ2) is 3.39. The van der Waals surface area contributed by atoms with E-state index in [2.05, 4.69) is 5.32 Å². The van der Waals surface area contributed by atoms with Crippen LogP contribution in [-0.2, 0) is 0 Å². The van der Waals surface area contributed by atoms with Crippen molar-refractivity contribution >= 4 is 0 Å². The van der Waals surface area contributed by atoms with E-state index in [0.29, 0.717) is 0 Å². The number of hydrogen-bond donors (Lipinski definition) is 3. The van der Waals surface area contributed by atoms with Crippen LogP contribution >= 0.6 is 0 Å². The van der Waals surface area contributed by atoms with Crippen molar-refractivity contribution < 1.29 is 10.2 Å². The van der Waals surface area contributed by atoms with Gasteiger partial charge in [0.15, 0.2) is 0 Å². The molecule has 3 nitrogen and oxygen atoms in total. The highest BCUT2D eigenvalue weighted by Crippen LogP contribution is 2.21. The molecule has 1 rings (SSSR count). The molecule has 12 heavy (non-hydrogen) atoms. The molecule has 1 aliphatic rings. The van der Waals surface area contributed by atoms with Gasteiger partial charge in [-0.05, 0) is 20.0 Å². The molecule has 68 valence electrons. The van der Waals surface area contributed by atoms with Crippen LogP contribution in [0.5, 0.6) is 0 Å². The third kappa shape index (κ3) is 1.43. The quantitative estimate of drug-likeness (QED) is 0.537. The Balaban J connectivity index is 2.86. The summed E-state index contributed by atoms with van der Waals surface area (Å²) in [5, 5.41) is 22.2. The van der Waals surface area contributed by atoms with Crippen molar-refractivity contribution in [3.05, 3.63) is 24.3 Å². The normalized spacial score (nSPS) is 36.8. The van der Waals surface area contributed by atoms with E-state index >= 15 is 0 Å². The van der Waals surface area contributed by atoms with Crippen molar-refractivity contribution in [3.63, 3.8) is 0 Å². The predicted octanol–water partition coefficient (Wildman–Crippen LogP) is -0.188. The van der Waals surface area contributed by atoms with Gasteiger partial charge in [0, 0.05) is 0 Å². The maximum atomic E-state index is 9.96. The first-order valence-electron chi connectivity index (χ1n) is 4.05. The summed E-state index contributed by atoms with van der Waals surface area (Å²) < 4.78 is 0. The van der Waals surface area contributed by atoms with Crippen molar-refractivity contribution in [1.82, 2.24) is 5.32 Å². The average molecular weight is 169 g/mol. The number of allylic oxidation sites excluding steroid dienone is 2. The molecule has 0 saturated carbocycles. The molecule has 3 atom stereocenters. The number of rotatable bonds is 2. The summed E-state index contributed by atoms with van der Waals surface area (Å²) in [6, 6.07) is -0.220. The molecule has 0 bridgehead atoms. The molecule has 0 aromatic heterocycles. The minimum absolute atomic E-state index is 0.220. The summed E-state index contributed by atoms with van der Waals surface area (Å²) in [7, 11) is 1.75. The lowest BCUT2D eigenvalue weighted by atomic mass is 9.85. The summed E-state index contributed by atoms with van der Waals surface area (Å²) in [4.78, 5) is 0. The van der Waals surface area contributed by atoms with Crippen LogP contribution in [0.1, 0.15) is 6.92 Å². The van der Waals surface area contributed by atoms with Gasteiger partial charge in [0.25, 0.3) is 0 Å². The Hall–Kier alpha value is -0.640. The molecule has 0 aliphatic heterocycles. The molecule has 2 unspecified atom stereocenters. The third-order valence-electron chi connectivity index (χ3n) is 2.26. The van der Waals surface area contributed by atoms with Crippen molar-refractivity contribution in [1.29, 1.82) is 0 Å². The Labute approximate surface area is 72.4 Å². The van der Waals surface area contributed by atoms with E-state index in [4.69, 9.17) is 0 Å². The van der Waals surface area contributed by atoms with E-state index in [9.17, 15) is 10.2 Å². The molecule has 0 saturated heterocycles.